The highest BCUT2D eigenvalue weighted by Crippen LogP contribution is 2.34. The first-order valence-electron chi connectivity index (χ1n) is 8.36. The van der Waals surface area contributed by atoms with E-state index in [0.717, 1.165) is 6.04 Å². The van der Waals surface area contributed by atoms with Crippen LogP contribution < -0.4 is 0 Å². The molecule has 7 heteroatoms. The van der Waals surface area contributed by atoms with Crippen molar-refractivity contribution in [3.63, 3.8) is 0 Å². The van der Waals surface area contributed by atoms with Crippen molar-refractivity contribution in [1.29, 1.82) is 0 Å². The SMILES string of the molecule is CC(C)(C)OC(=O)C=Cc1cc(Cl)c(C(=O)O)c(Cl)c1CC[Si](C)(C)C. The number of benzene rings is 1. The third-order valence-electron chi connectivity index (χ3n) is 3.50. The second-order valence-corrected chi connectivity index (χ2v) is 14.8. The average molecular weight is 417 g/mol. The topological polar surface area (TPSA) is 63.6 Å². The summed E-state index contributed by atoms with van der Waals surface area (Å²) < 4.78 is 5.26. The largest absolute Gasteiger partial charge is 0.478 e. The lowest BCUT2D eigenvalue weighted by molar-refractivity contribution is -0.148. The zero-order chi connectivity index (χ0) is 20.3. The first kappa shape index (κ1) is 22.7. The van der Waals surface area contributed by atoms with Crippen LogP contribution in [0.5, 0.6) is 0 Å². The quantitative estimate of drug-likeness (QED) is 0.354. The summed E-state index contributed by atoms with van der Waals surface area (Å²) in [7, 11) is -1.38. The molecular formula is C19H26Cl2O4Si. The van der Waals surface area contributed by atoms with Crippen LogP contribution in [-0.2, 0) is 16.0 Å². The lowest BCUT2D eigenvalue weighted by Crippen LogP contribution is -2.22. The fourth-order valence-electron chi connectivity index (χ4n) is 2.27. The van der Waals surface area contributed by atoms with E-state index >= 15 is 0 Å². The van der Waals surface area contributed by atoms with Crippen LogP contribution in [0.25, 0.3) is 6.08 Å². The summed E-state index contributed by atoms with van der Waals surface area (Å²) >= 11 is 12.5. The summed E-state index contributed by atoms with van der Waals surface area (Å²) in [6.07, 6.45) is 3.52. The molecule has 0 aliphatic rings. The molecule has 0 bridgehead atoms. The minimum absolute atomic E-state index is 0.0445. The van der Waals surface area contributed by atoms with E-state index in [-0.39, 0.29) is 15.6 Å². The Balaban J connectivity index is 3.32. The molecule has 0 fully saturated rings. The van der Waals surface area contributed by atoms with Crippen LogP contribution in [-0.4, -0.2) is 30.7 Å². The standard InChI is InChI=1S/C19H26Cl2O4Si/c1-19(2,3)25-15(22)8-7-12-11-14(20)16(18(23)24)17(21)13(12)9-10-26(4,5)6/h7-8,11H,9-10H2,1-6H3,(H,23,24). The number of carboxylic acid groups (broad SMARTS) is 1. The van der Waals surface area contributed by atoms with Crippen molar-refractivity contribution in [2.45, 2.75) is 58.5 Å². The highest BCUT2D eigenvalue weighted by atomic mass is 35.5. The molecule has 1 rings (SSSR count). The van der Waals surface area contributed by atoms with E-state index < -0.39 is 25.6 Å². The molecule has 26 heavy (non-hydrogen) atoms. The van der Waals surface area contributed by atoms with Crippen LogP contribution in [0.3, 0.4) is 0 Å². The van der Waals surface area contributed by atoms with Crippen LogP contribution in [0.1, 0.15) is 42.3 Å². The summed E-state index contributed by atoms with van der Waals surface area (Å²) in [5.74, 6) is -1.65. The number of carbonyl (C=O) groups is 2. The van der Waals surface area contributed by atoms with Gasteiger partial charge < -0.3 is 9.84 Å². The van der Waals surface area contributed by atoms with Crippen LogP contribution in [0.15, 0.2) is 12.1 Å². The maximum absolute atomic E-state index is 11.9. The van der Waals surface area contributed by atoms with Gasteiger partial charge >= 0.3 is 11.9 Å². The van der Waals surface area contributed by atoms with Gasteiger partial charge in [-0.05, 0) is 50.5 Å². The molecule has 0 aliphatic heterocycles. The number of aromatic carboxylic acids is 1. The molecule has 0 aromatic heterocycles. The molecule has 0 unspecified atom stereocenters. The Labute approximate surface area is 166 Å². The monoisotopic (exact) mass is 416 g/mol. The van der Waals surface area contributed by atoms with Gasteiger partial charge in [-0.25, -0.2) is 9.59 Å². The van der Waals surface area contributed by atoms with Crippen molar-refractivity contribution < 1.29 is 19.4 Å². The number of esters is 1. The second kappa shape index (κ2) is 8.59. The van der Waals surface area contributed by atoms with Gasteiger partial charge in [-0.1, -0.05) is 48.9 Å². The van der Waals surface area contributed by atoms with E-state index in [1.807, 2.05) is 0 Å². The minimum Gasteiger partial charge on any atom is -0.478 e. The summed E-state index contributed by atoms with van der Waals surface area (Å²) in [6.45, 7) is 12.0. The summed E-state index contributed by atoms with van der Waals surface area (Å²) in [5.41, 5.74) is 0.628. The molecule has 4 nitrogen and oxygen atoms in total. The molecule has 0 heterocycles. The number of hydrogen-bond acceptors (Lipinski definition) is 3. The van der Waals surface area contributed by atoms with E-state index in [4.69, 9.17) is 27.9 Å². The smallest absolute Gasteiger partial charge is 0.338 e. The lowest BCUT2D eigenvalue weighted by Gasteiger charge is -2.19. The zero-order valence-electron chi connectivity index (χ0n) is 16.1. The van der Waals surface area contributed by atoms with Gasteiger partial charge in [-0.3, -0.25) is 0 Å². The summed E-state index contributed by atoms with van der Waals surface area (Å²) in [4.78, 5) is 23.4. The Morgan fingerprint density at radius 3 is 2.27 bits per heavy atom. The molecule has 1 aromatic carbocycles. The van der Waals surface area contributed by atoms with E-state index in [1.165, 1.54) is 12.1 Å². The maximum atomic E-state index is 11.9. The number of halogens is 2. The Kier molecular flexibility index (Phi) is 7.51. The van der Waals surface area contributed by atoms with Gasteiger partial charge in [0.25, 0.3) is 0 Å². The van der Waals surface area contributed by atoms with Crippen molar-refractivity contribution in [3.8, 4) is 0 Å². The van der Waals surface area contributed by atoms with Crippen LogP contribution in [0.4, 0.5) is 0 Å². The zero-order valence-corrected chi connectivity index (χ0v) is 18.6. The predicted octanol–water partition coefficient (Wildman–Crippen LogP) is 5.93. The van der Waals surface area contributed by atoms with Gasteiger partial charge in [0.2, 0.25) is 0 Å². The fourth-order valence-corrected chi connectivity index (χ4v) is 4.00. The van der Waals surface area contributed by atoms with Crippen molar-refractivity contribution in [2.75, 3.05) is 0 Å². The molecule has 1 aromatic rings. The third kappa shape index (κ3) is 7.14. The van der Waals surface area contributed by atoms with Crippen LogP contribution in [0.2, 0.25) is 35.7 Å². The van der Waals surface area contributed by atoms with Crippen molar-refractivity contribution in [1.82, 2.24) is 0 Å². The molecule has 144 valence electrons. The number of ether oxygens (including phenoxy) is 1. The second-order valence-electron chi connectivity index (χ2n) is 8.35. The molecule has 0 saturated carbocycles. The molecule has 1 N–H and O–H groups in total. The Morgan fingerprint density at radius 1 is 1.23 bits per heavy atom. The first-order valence-corrected chi connectivity index (χ1v) is 12.8. The number of hydrogen-bond donors (Lipinski definition) is 1. The Morgan fingerprint density at radius 2 is 1.81 bits per heavy atom. The average Bonchev–Trinajstić information content (AvgIpc) is 2.40. The predicted molar refractivity (Wildman–Crippen MR) is 110 cm³/mol. The van der Waals surface area contributed by atoms with E-state index in [9.17, 15) is 14.7 Å². The summed E-state index contributed by atoms with van der Waals surface area (Å²) in [5, 5.41) is 9.56. The van der Waals surface area contributed by atoms with Crippen molar-refractivity contribution >= 4 is 49.3 Å². The third-order valence-corrected chi connectivity index (χ3v) is 5.96. The van der Waals surface area contributed by atoms with Gasteiger partial charge in [0.1, 0.15) is 5.60 Å². The molecule has 0 atom stereocenters. The Bertz CT molecular complexity index is 729. The van der Waals surface area contributed by atoms with Gasteiger partial charge in [-0.15, -0.1) is 0 Å². The van der Waals surface area contributed by atoms with E-state index in [1.54, 1.807) is 26.8 Å². The van der Waals surface area contributed by atoms with Crippen LogP contribution >= 0.6 is 23.2 Å². The first-order chi connectivity index (χ1) is 11.7. The van der Waals surface area contributed by atoms with Gasteiger partial charge in [0.15, 0.2) is 0 Å². The van der Waals surface area contributed by atoms with Crippen molar-refractivity contribution in [3.05, 3.63) is 38.9 Å². The molecule has 0 radical (unpaired) electrons. The summed E-state index contributed by atoms with van der Waals surface area (Å²) in [6, 6.07) is 2.47. The number of rotatable bonds is 6. The van der Waals surface area contributed by atoms with Crippen molar-refractivity contribution in [2.24, 2.45) is 0 Å². The van der Waals surface area contributed by atoms with E-state index in [2.05, 4.69) is 19.6 Å². The van der Waals surface area contributed by atoms with Gasteiger partial charge in [0.05, 0.1) is 15.6 Å². The fraction of sp³-hybridized carbons (Fsp3) is 0.474. The van der Waals surface area contributed by atoms with E-state index in [0.29, 0.717) is 17.5 Å². The Hall–Kier alpha value is -1.30. The molecular weight excluding hydrogens is 391 g/mol. The molecule has 0 spiro atoms. The highest BCUT2D eigenvalue weighted by molar-refractivity contribution is 6.76. The normalized spacial score (nSPS) is 12.5. The number of carboxylic acids is 1. The molecule has 0 aliphatic carbocycles. The van der Waals surface area contributed by atoms with Gasteiger partial charge in [-0.2, -0.15) is 0 Å². The van der Waals surface area contributed by atoms with Crippen LogP contribution in [0, 0.1) is 0 Å². The lowest BCUT2D eigenvalue weighted by atomic mass is 10.0. The van der Waals surface area contributed by atoms with Gasteiger partial charge in [0, 0.05) is 14.1 Å². The minimum atomic E-state index is -1.38. The molecule has 0 saturated heterocycles. The number of carbonyl (C=O) groups excluding carboxylic acids is 1. The highest BCUT2D eigenvalue weighted by Gasteiger charge is 2.22. The maximum Gasteiger partial charge on any atom is 0.338 e. The molecule has 0 amide bonds.